The third kappa shape index (κ3) is 3.17. The van der Waals surface area contributed by atoms with Crippen LogP contribution in [-0.2, 0) is 0 Å². The van der Waals surface area contributed by atoms with E-state index < -0.39 is 5.97 Å². The highest BCUT2D eigenvalue weighted by molar-refractivity contribution is 5.90. The molecule has 120 valence electrons. The number of ether oxygens (including phenoxy) is 1. The van der Waals surface area contributed by atoms with Crippen LogP contribution in [0.1, 0.15) is 15.9 Å². The normalized spacial score (nSPS) is 10.4. The molecule has 0 saturated heterocycles. The lowest BCUT2D eigenvalue weighted by Crippen LogP contribution is -2.09. The van der Waals surface area contributed by atoms with Gasteiger partial charge in [-0.05, 0) is 42.8 Å². The van der Waals surface area contributed by atoms with Gasteiger partial charge in [0.15, 0.2) is 0 Å². The van der Waals surface area contributed by atoms with Crippen molar-refractivity contribution in [2.24, 2.45) is 0 Å². The average molecular weight is 322 g/mol. The smallest absolute Gasteiger partial charge is 0.335 e. The van der Waals surface area contributed by atoms with Crippen LogP contribution in [0.3, 0.4) is 0 Å². The summed E-state index contributed by atoms with van der Waals surface area (Å²) in [6.45, 7) is 1.73. The molecule has 0 aliphatic heterocycles. The van der Waals surface area contributed by atoms with Crippen LogP contribution in [0.25, 0.3) is 11.3 Å². The Balaban J connectivity index is 2.15. The number of hydrogen-bond acceptors (Lipinski definition) is 4. The first kappa shape index (κ1) is 15.5. The quantitative estimate of drug-likeness (QED) is 0.769. The van der Waals surface area contributed by atoms with Crippen molar-refractivity contribution in [3.63, 3.8) is 0 Å². The fourth-order valence-electron chi connectivity index (χ4n) is 2.32. The van der Waals surface area contributed by atoms with Crippen molar-refractivity contribution < 1.29 is 14.6 Å². The Kier molecular flexibility index (Phi) is 4.11. The molecular weight excluding hydrogens is 308 g/mol. The maximum absolute atomic E-state index is 11.4. The molecule has 0 amide bonds. The van der Waals surface area contributed by atoms with E-state index in [4.69, 9.17) is 4.74 Å². The predicted molar refractivity (Wildman–Crippen MR) is 88.5 cm³/mol. The number of para-hydroxylation sites is 1. The molecule has 3 rings (SSSR count). The number of nitrogens with zero attached hydrogens (tertiary/aromatic N) is 1. The lowest BCUT2D eigenvalue weighted by atomic mass is 10.0. The van der Waals surface area contributed by atoms with Gasteiger partial charge in [-0.25, -0.2) is 9.89 Å². The van der Waals surface area contributed by atoms with Gasteiger partial charge < -0.3 is 9.84 Å². The number of H-pyrrole nitrogens is 1. The molecule has 0 bridgehead atoms. The highest BCUT2D eigenvalue weighted by Crippen LogP contribution is 2.34. The first-order chi connectivity index (χ1) is 11.5. The highest BCUT2D eigenvalue weighted by Gasteiger charge is 2.15. The summed E-state index contributed by atoms with van der Waals surface area (Å²) >= 11 is 0. The standard InChI is InChI=1S/C18H14N2O4/c1-11-9-16(21)19-20-17(11)14-10-12(18(22)23)7-8-15(14)24-13-5-3-2-4-6-13/h2-10H,1H3,(H,19,21)(H,22,23). The van der Waals surface area contributed by atoms with Crippen molar-refractivity contribution >= 4 is 5.97 Å². The molecule has 3 aromatic rings. The monoisotopic (exact) mass is 322 g/mol. The third-order valence-electron chi connectivity index (χ3n) is 3.45. The fourth-order valence-corrected chi connectivity index (χ4v) is 2.32. The molecule has 0 radical (unpaired) electrons. The SMILES string of the molecule is Cc1cc(=O)[nH]nc1-c1cc(C(=O)O)ccc1Oc1ccccc1. The Morgan fingerprint density at radius 2 is 1.88 bits per heavy atom. The molecule has 6 nitrogen and oxygen atoms in total. The molecule has 0 aliphatic carbocycles. The van der Waals surface area contributed by atoms with Crippen molar-refractivity contribution in [1.29, 1.82) is 0 Å². The number of hydrogen-bond donors (Lipinski definition) is 2. The molecule has 0 atom stereocenters. The van der Waals surface area contributed by atoms with Crippen LogP contribution in [0.15, 0.2) is 59.4 Å². The first-order valence-electron chi connectivity index (χ1n) is 7.21. The van der Waals surface area contributed by atoms with Gasteiger partial charge in [-0.3, -0.25) is 4.79 Å². The number of benzene rings is 2. The summed E-state index contributed by atoms with van der Waals surface area (Å²) < 4.78 is 5.86. The summed E-state index contributed by atoms with van der Waals surface area (Å²) in [5.74, 6) is 0.0161. The van der Waals surface area contributed by atoms with Crippen LogP contribution < -0.4 is 10.3 Å². The van der Waals surface area contributed by atoms with E-state index in [0.717, 1.165) is 0 Å². The van der Waals surface area contributed by atoms with Gasteiger partial charge in [0.25, 0.3) is 5.56 Å². The van der Waals surface area contributed by atoms with Gasteiger partial charge in [0.1, 0.15) is 11.5 Å². The predicted octanol–water partition coefficient (Wildman–Crippen LogP) is 3.24. The number of aromatic nitrogens is 2. The van der Waals surface area contributed by atoms with Crippen molar-refractivity contribution in [3.05, 3.63) is 76.1 Å². The molecule has 2 N–H and O–H groups in total. The van der Waals surface area contributed by atoms with Crippen molar-refractivity contribution in [1.82, 2.24) is 10.2 Å². The number of carboxylic acids is 1. The van der Waals surface area contributed by atoms with E-state index in [0.29, 0.717) is 28.3 Å². The molecule has 1 aromatic heterocycles. The van der Waals surface area contributed by atoms with Crippen LogP contribution in [0, 0.1) is 6.92 Å². The number of carboxylic acid groups (broad SMARTS) is 1. The van der Waals surface area contributed by atoms with Crippen LogP contribution >= 0.6 is 0 Å². The van der Waals surface area contributed by atoms with E-state index in [1.807, 2.05) is 18.2 Å². The molecule has 24 heavy (non-hydrogen) atoms. The van der Waals surface area contributed by atoms with Crippen molar-refractivity contribution in [3.8, 4) is 22.8 Å². The van der Waals surface area contributed by atoms with Crippen molar-refractivity contribution in [2.45, 2.75) is 6.92 Å². The van der Waals surface area contributed by atoms with Gasteiger partial charge in [-0.2, -0.15) is 5.10 Å². The van der Waals surface area contributed by atoms with E-state index >= 15 is 0 Å². The second kappa shape index (κ2) is 6.37. The molecule has 0 unspecified atom stereocenters. The molecular formula is C18H14N2O4. The van der Waals surface area contributed by atoms with E-state index in [2.05, 4.69) is 10.2 Å². The molecule has 2 aromatic carbocycles. The lowest BCUT2D eigenvalue weighted by molar-refractivity contribution is 0.0697. The van der Waals surface area contributed by atoms with E-state index in [9.17, 15) is 14.7 Å². The summed E-state index contributed by atoms with van der Waals surface area (Å²) in [4.78, 5) is 22.7. The topological polar surface area (TPSA) is 92.3 Å². The van der Waals surface area contributed by atoms with Crippen molar-refractivity contribution in [2.75, 3.05) is 0 Å². The summed E-state index contributed by atoms with van der Waals surface area (Å²) in [6.07, 6.45) is 0. The van der Waals surface area contributed by atoms with Gasteiger partial charge in [-0.1, -0.05) is 18.2 Å². The zero-order chi connectivity index (χ0) is 17.1. The number of nitrogens with one attached hydrogen (secondary N) is 1. The Morgan fingerprint density at radius 1 is 1.12 bits per heavy atom. The highest BCUT2D eigenvalue weighted by atomic mass is 16.5. The van der Waals surface area contributed by atoms with Crippen LogP contribution in [0.5, 0.6) is 11.5 Å². The first-order valence-corrected chi connectivity index (χ1v) is 7.21. The average Bonchev–Trinajstić information content (AvgIpc) is 2.56. The van der Waals surface area contributed by atoms with E-state index in [-0.39, 0.29) is 11.1 Å². The van der Waals surface area contributed by atoms with Gasteiger partial charge >= 0.3 is 5.97 Å². The minimum atomic E-state index is -1.05. The Morgan fingerprint density at radius 3 is 2.54 bits per heavy atom. The summed E-state index contributed by atoms with van der Waals surface area (Å²) in [7, 11) is 0. The number of aromatic amines is 1. The number of rotatable bonds is 4. The lowest BCUT2D eigenvalue weighted by Gasteiger charge is -2.13. The second-order valence-electron chi connectivity index (χ2n) is 5.20. The van der Waals surface area contributed by atoms with Gasteiger partial charge in [0, 0.05) is 11.6 Å². The maximum Gasteiger partial charge on any atom is 0.335 e. The molecule has 0 aliphatic rings. The van der Waals surface area contributed by atoms with Crippen LogP contribution in [-0.4, -0.2) is 21.3 Å². The molecule has 0 saturated carbocycles. The van der Waals surface area contributed by atoms with Crippen LogP contribution in [0.2, 0.25) is 0 Å². The zero-order valence-electron chi connectivity index (χ0n) is 12.8. The number of aromatic carboxylic acids is 1. The summed E-state index contributed by atoms with van der Waals surface area (Å²) in [5, 5.41) is 15.6. The van der Waals surface area contributed by atoms with E-state index in [1.54, 1.807) is 25.1 Å². The maximum atomic E-state index is 11.4. The van der Waals surface area contributed by atoms with Gasteiger partial charge in [0.05, 0.1) is 11.3 Å². The van der Waals surface area contributed by atoms with Crippen LogP contribution in [0.4, 0.5) is 0 Å². The Hall–Kier alpha value is -3.41. The van der Waals surface area contributed by atoms with E-state index in [1.165, 1.54) is 18.2 Å². The third-order valence-corrected chi connectivity index (χ3v) is 3.45. The largest absolute Gasteiger partial charge is 0.478 e. The fraction of sp³-hybridized carbons (Fsp3) is 0.0556. The van der Waals surface area contributed by atoms with Gasteiger partial charge in [0.2, 0.25) is 0 Å². The number of aryl methyl sites for hydroxylation is 1. The minimum absolute atomic E-state index is 0.109. The minimum Gasteiger partial charge on any atom is -0.478 e. The number of carbonyl (C=O) groups is 1. The molecule has 6 heteroatoms. The molecule has 1 heterocycles. The Labute approximate surface area is 137 Å². The summed E-state index contributed by atoms with van der Waals surface area (Å²) in [5.41, 5.74) is 1.37. The zero-order valence-corrected chi connectivity index (χ0v) is 12.8. The molecule has 0 fully saturated rings. The summed E-state index contributed by atoms with van der Waals surface area (Å²) in [6, 6.07) is 15.1. The Bertz CT molecular complexity index is 949. The second-order valence-corrected chi connectivity index (χ2v) is 5.20. The molecule has 0 spiro atoms. The van der Waals surface area contributed by atoms with Gasteiger partial charge in [-0.15, -0.1) is 0 Å².